The standard InChI is InChI=1S/C19H23IN2O/c1-18(2,3)17-16-14(10-19(4,5)11-15(16)23)22(21-17)13-8-6-12(20)7-9-13/h6-9H,10-11H2,1-5H3. The topological polar surface area (TPSA) is 34.9 Å². The first-order chi connectivity index (χ1) is 10.6. The van der Waals surface area contributed by atoms with Crippen LogP contribution in [0.4, 0.5) is 0 Å². The molecule has 0 saturated carbocycles. The highest BCUT2D eigenvalue weighted by atomic mass is 127. The second-order valence-electron chi connectivity index (χ2n) is 8.25. The van der Waals surface area contributed by atoms with E-state index in [0.717, 1.165) is 29.1 Å². The van der Waals surface area contributed by atoms with E-state index in [2.05, 4.69) is 81.5 Å². The monoisotopic (exact) mass is 422 g/mol. The molecule has 0 fully saturated rings. The van der Waals surface area contributed by atoms with Crippen molar-refractivity contribution in [3.63, 3.8) is 0 Å². The second kappa shape index (κ2) is 5.43. The average Bonchev–Trinajstić information content (AvgIpc) is 2.77. The normalized spacial score (nSPS) is 17.2. The molecule has 1 aliphatic rings. The van der Waals surface area contributed by atoms with Crippen LogP contribution in [0.25, 0.3) is 5.69 Å². The van der Waals surface area contributed by atoms with Crippen molar-refractivity contribution in [2.24, 2.45) is 5.41 Å². The van der Waals surface area contributed by atoms with Crippen LogP contribution in [0.1, 0.15) is 62.8 Å². The van der Waals surface area contributed by atoms with Gasteiger partial charge in [-0.2, -0.15) is 5.10 Å². The smallest absolute Gasteiger partial charge is 0.167 e. The predicted molar refractivity (Wildman–Crippen MR) is 101 cm³/mol. The number of hydrogen-bond acceptors (Lipinski definition) is 2. The Morgan fingerprint density at radius 1 is 1.13 bits per heavy atom. The number of halogens is 1. The van der Waals surface area contributed by atoms with E-state index < -0.39 is 0 Å². The first-order valence-electron chi connectivity index (χ1n) is 8.00. The molecule has 23 heavy (non-hydrogen) atoms. The van der Waals surface area contributed by atoms with Crippen molar-refractivity contribution in [1.82, 2.24) is 9.78 Å². The van der Waals surface area contributed by atoms with Gasteiger partial charge in [-0.1, -0.05) is 34.6 Å². The van der Waals surface area contributed by atoms with Crippen molar-refractivity contribution >= 4 is 28.4 Å². The lowest BCUT2D eigenvalue weighted by Gasteiger charge is -2.30. The Bertz CT molecular complexity index is 764. The number of nitrogens with zero attached hydrogens (tertiary/aromatic N) is 2. The lowest BCUT2D eigenvalue weighted by atomic mass is 9.73. The highest BCUT2D eigenvalue weighted by Gasteiger charge is 2.39. The van der Waals surface area contributed by atoms with Gasteiger partial charge in [-0.05, 0) is 58.7 Å². The van der Waals surface area contributed by atoms with Crippen LogP contribution in [-0.2, 0) is 11.8 Å². The van der Waals surface area contributed by atoms with Gasteiger partial charge in [0.15, 0.2) is 5.78 Å². The zero-order chi connectivity index (χ0) is 17.0. The minimum absolute atomic E-state index is 0.0137. The molecule has 0 bridgehead atoms. The molecular formula is C19H23IN2O. The van der Waals surface area contributed by atoms with Gasteiger partial charge in [0.05, 0.1) is 22.6 Å². The number of hydrogen-bond donors (Lipinski definition) is 0. The lowest BCUT2D eigenvalue weighted by Crippen LogP contribution is -2.29. The summed E-state index contributed by atoms with van der Waals surface area (Å²) in [4.78, 5) is 12.8. The van der Waals surface area contributed by atoms with Crippen molar-refractivity contribution in [1.29, 1.82) is 0 Å². The fourth-order valence-corrected chi connectivity index (χ4v) is 3.63. The fraction of sp³-hybridized carbons (Fsp3) is 0.474. The van der Waals surface area contributed by atoms with E-state index >= 15 is 0 Å². The molecule has 0 atom stereocenters. The van der Waals surface area contributed by atoms with Crippen LogP contribution in [0, 0.1) is 8.99 Å². The number of Topliss-reactive ketones (excluding diaryl/α,β-unsaturated/α-hetero) is 1. The summed E-state index contributed by atoms with van der Waals surface area (Å²) >= 11 is 2.30. The summed E-state index contributed by atoms with van der Waals surface area (Å²) < 4.78 is 3.19. The van der Waals surface area contributed by atoms with Gasteiger partial charge in [0.1, 0.15) is 0 Å². The molecule has 3 nitrogen and oxygen atoms in total. The van der Waals surface area contributed by atoms with E-state index in [9.17, 15) is 4.79 Å². The zero-order valence-electron chi connectivity index (χ0n) is 14.4. The molecular weight excluding hydrogens is 399 g/mol. The van der Waals surface area contributed by atoms with Crippen molar-refractivity contribution < 1.29 is 4.79 Å². The largest absolute Gasteiger partial charge is 0.294 e. The van der Waals surface area contributed by atoms with Crippen LogP contribution >= 0.6 is 22.6 Å². The average molecular weight is 422 g/mol. The Morgan fingerprint density at radius 3 is 2.30 bits per heavy atom. The van der Waals surface area contributed by atoms with Gasteiger partial charge < -0.3 is 0 Å². The molecule has 0 aliphatic heterocycles. The van der Waals surface area contributed by atoms with Gasteiger partial charge in [-0.3, -0.25) is 4.79 Å². The van der Waals surface area contributed by atoms with Gasteiger partial charge in [-0.25, -0.2) is 4.68 Å². The van der Waals surface area contributed by atoms with Crippen molar-refractivity contribution in [2.75, 3.05) is 0 Å². The quantitative estimate of drug-likeness (QED) is 0.611. The molecule has 1 aromatic carbocycles. The molecule has 3 rings (SSSR count). The SMILES string of the molecule is CC1(C)CC(=O)c2c(C(C)(C)C)nn(-c3ccc(I)cc3)c2C1. The van der Waals surface area contributed by atoms with Gasteiger partial charge in [0.2, 0.25) is 0 Å². The molecule has 1 aromatic heterocycles. The van der Waals surface area contributed by atoms with E-state index in [4.69, 9.17) is 5.10 Å². The Morgan fingerprint density at radius 2 is 1.74 bits per heavy atom. The fourth-order valence-electron chi connectivity index (χ4n) is 3.27. The molecule has 0 radical (unpaired) electrons. The molecule has 0 amide bonds. The number of aromatic nitrogens is 2. The van der Waals surface area contributed by atoms with Crippen LogP contribution in [0.15, 0.2) is 24.3 Å². The summed E-state index contributed by atoms with van der Waals surface area (Å²) in [5.41, 5.74) is 3.72. The highest BCUT2D eigenvalue weighted by Crippen LogP contribution is 2.40. The van der Waals surface area contributed by atoms with Crippen molar-refractivity contribution in [3.8, 4) is 5.69 Å². The lowest BCUT2D eigenvalue weighted by molar-refractivity contribution is 0.0908. The third-order valence-corrected chi connectivity index (χ3v) is 5.05. The summed E-state index contributed by atoms with van der Waals surface area (Å²) in [5.74, 6) is 0.234. The maximum atomic E-state index is 12.8. The summed E-state index contributed by atoms with van der Waals surface area (Å²) in [5, 5.41) is 4.87. The Labute approximate surface area is 151 Å². The number of ketones is 1. The molecule has 0 saturated heterocycles. The summed E-state index contributed by atoms with van der Waals surface area (Å²) in [6, 6.07) is 8.31. The van der Waals surface area contributed by atoms with Gasteiger partial charge in [-0.15, -0.1) is 0 Å². The molecule has 1 aliphatic carbocycles. The molecule has 4 heteroatoms. The molecule has 0 spiro atoms. The minimum Gasteiger partial charge on any atom is -0.294 e. The summed E-state index contributed by atoms with van der Waals surface area (Å²) in [7, 11) is 0. The second-order valence-corrected chi connectivity index (χ2v) is 9.50. The Balaban J connectivity index is 2.25. The number of carbonyl (C=O) groups excluding carboxylic acids is 1. The molecule has 2 aromatic rings. The van der Waals surface area contributed by atoms with E-state index in [0.29, 0.717) is 6.42 Å². The summed E-state index contributed by atoms with van der Waals surface area (Å²) in [6.45, 7) is 10.7. The molecule has 0 unspecified atom stereocenters. The number of fused-ring (bicyclic) bond motifs is 1. The number of rotatable bonds is 1. The van der Waals surface area contributed by atoms with Crippen LogP contribution < -0.4 is 0 Å². The van der Waals surface area contributed by atoms with E-state index in [1.807, 2.05) is 4.68 Å². The maximum Gasteiger partial charge on any atom is 0.167 e. The minimum atomic E-state index is -0.143. The third-order valence-electron chi connectivity index (χ3n) is 4.33. The Hall–Kier alpha value is -1.17. The zero-order valence-corrected chi connectivity index (χ0v) is 16.6. The number of carbonyl (C=O) groups is 1. The van der Waals surface area contributed by atoms with E-state index in [1.165, 1.54) is 3.57 Å². The highest BCUT2D eigenvalue weighted by molar-refractivity contribution is 14.1. The Kier molecular flexibility index (Phi) is 3.94. The molecule has 0 N–H and O–H groups in total. The van der Waals surface area contributed by atoms with Crippen LogP contribution in [0.2, 0.25) is 0 Å². The first-order valence-corrected chi connectivity index (χ1v) is 9.08. The van der Waals surface area contributed by atoms with E-state index in [1.54, 1.807) is 0 Å². The van der Waals surface area contributed by atoms with Crippen LogP contribution in [0.3, 0.4) is 0 Å². The predicted octanol–water partition coefficient (Wildman–Crippen LogP) is 4.93. The molecule has 122 valence electrons. The number of benzene rings is 1. The first kappa shape index (κ1) is 16.7. The van der Waals surface area contributed by atoms with E-state index in [-0.39, 0.29) is 16.6 Å². The summed E-state index contributed by atoms with van der Waals surface area (Å²) in [6.07, 6.45) is 1.48. The van der Waals surface area contributed by atoms with Crippen molar-refractivity contribution in [3.05, 3.63) is 44.8 Å². The van der Waals surface area contributed by atoms with Crippen LogP contribution in [0.5, 0.6) is 0 Å². The molecule has 1 heterocycles. The van der Waals surface area contributed by atoms with Crippen molar-refractivity contribution in [2.45, 2.75) is 52.9 Å². The third kappa shape index (κ3) is 3.10. The van der Waals surface area contributed by atoms with Gasteiger partial charge in [0, 0.05) is 15.4 Å². The maximum absolute atomic E-state index is 12.8. The van der Waals surface area contributed by atoms with Gasteiger partial charge >= 0.3 is 0 Å². The van der Waals surface area contributed by atoms with Crippen LogP contribution in [-0.4, -0.2) is 15.6 Å². The van der Waals surface area contributed by atoms with Gasteiger partial charge in [0.25, 0.3) is 0 Å².